The standard InChI is InChI=1S/C20H24ClNO3/c1-13-19(20(24)25-12-14-5-3-2-4-6-14)17(11-18(23)22-13)15-7-9-16(21)10-8-15/h7-10,14,17H,2-6,11-12H2,1H3,(H,22,23). The highest BCUT2D eigenvalue weighted by molar-refractivity contribution is 6.30. The molecule has 0 aromatic heterocycles. The Kier molecular flexibility index (Phi) is 5.79. The highest BCUT2D eigenvalue weighted by Crippen LogP contribution is 2.34. The fourth-order valence-corrected chi connectivity index (χ4v) is 3.90. The molecule has 1 atom stereocenters. The molecule has 1 amide bonds. The summed E-state index contributed by atoms with van der Waals surface area (Å²) in [5.41, 5.74) is 2.05. The van der Waals surface area contributed by atoms with Crippen LogP contribution in [0, 0.1) is 5.92 Å². The highest BCUT2D eigenvalue weighted by atomic mass is 35.5. The lowest BCUT2D eigenvalue weighted by molar-refractivity contribution is -0.141. The average molecular weight is 362 g/mol. The molecule has 134 valence electrons. The van der Waals surface area contributed by atoms with Gasteiger partial charge in [0.1, 0.15) is 0 Å². The van der Waals surface area contributed by atoms with Crippen LogP contribution in [0.4, 0.5) is 0 Å². The predicted molar refractivity (Wildman–Crippen MR) is 97.2 cm³/mol. The summed E-state index contributed by atoms with van der Waals surface area (Å²) >= 11 is 5.96. The number of hydrogen-bond donors (Lipinski definition) is 1. The maximum Gasteiger partial charge on any atom is 0.336 e. The van der Waals surface area contributed by atoms with Gasteiger partial charge in [-0.25, -0.2) is 4.79 Å². The first-order valence-corrected chi connectivity index (χ1v) is 9.35. The van der Waals surface area contributed by atoms with Crippen LogP contribution in [0.3, 0.4) is 0 Å². The van der Waals surface area contributed by atoms with E-state index >= 15 is 0 Å². The molecular formula is C20H24ClNO3. The molecule has 1 aliphatic carbocycles. The largest absolute Gasteiger partial charge is 0.462 e. The third-order valence-corrected chi connectivity index (χ3v) is 5.39. The maximum atomic E-state index is 12.8. The van der Waals surface area contributed by atoms with Crippen LogP contribution in [-0.4, -0.2) is 18.5 Å². The van der Waals surface area contributed by atoms with Gasteiger partial charge in [0.15, 0.2) is 0 Å². The third kappa shape index (κ3) is 4.43. The molecule has 0 spiro atoms. The zero-order chi connectivity index (χ0) is 17.8. The first kappa shape index (κ1) is 18.0. The molecule has 1 saturated carbocycles. The number of halogens is 1. The Labute approximate surface area is 153 Å². The number of esters is 1. The average Bonchev–Trinajstić information content (AvgIpc) is 2.60. The number of allylic oxidation sites excluding steroid dienone is 1. The zero-order valence-electron chi connectivity index (χ0n) is 14.5. The molecule has 4 nitrogen and oxygen atoms in total. The second-order valence-corrected chi connectivity index (χ2v) is 7.43. The van der Waals surface area contributed by atoms with Crippen LogP contribution in [0.2, 0.25) is 5.02 Å². The van der Waals surface area contributed by atoms with Gasteiger partial charge in [-0.3, -0.25) is 4.79 Å². The molecular weight excluding hydrogens is 338 g/mol. The van der Waals surface area contributed by atoms with Gasteiger partial charge in [0.2, 0.25) is 5.91 Å². The smallest absolute Gasteiger partial charge is 0.336 e. The third-order valence-electron chi connectivity index (χ3n) is 5.14. The number of benzene rings is 1. The summed E-state index contributed by atoms with van der Waals surface area (Å²) in [4.78, 5) is 24.7. The monoisotopic (exact) mass is 361 g/mol. The Morgan fingerprint density at radius 1 is 1.20 bits per heavy atom. The van der Waals surface area contributed by atoms with Crippen molar-refractivity contribution in [2.45, 2.75) is 51.4 Å². The summed E-state index contributed by atoms with van der Waals surface area (Å²) in [7, 11) is 0. The second-order valence-electron chi connectivity index (χ2n) is 7.00. The molecule has 1 N–H and O–H groups in total. The SMILES string of the molecule is CC1=C(C(=O)OCC2CCCCC2)C(c2ccc(Cl)cc2)CC(=O)N1. The molecule has 1 aromatic rings. The lowest BCUT2D eigenvalue weighted by Crippen LogP contribution is -2.34. The minimum Gasteiger partial charge on any atom is -0.462 e. The number of carbonyl (C=O) groups is 2. The van der Waals surface area contributed by atoms with Gasteiger partial charge in [-0.15, -0.1) is 0 Å². The van der Waals surface area contributed by atoms with E-state index in [4.69, 9.17) is 16.3 Å². The van der Waals surface area contributed by atoms with E-state index in [1.54, 1.807) is 19.1 Å². The van der Waals surface area contributed by atoms with Gasteiger partial charge >= 0.3 is 5.97 Å². The van der Waals surface area contributed by atoms with Crippen molar-refractivity contribution in [3.05, 3.63) is 46.1 Å². The number of amides is 1. The number of rotatable bonds is 4. The highest BCUT2D eigenvalue weighted by Gasteiger charge is 2.33. The van der Waals surface area contributed by atoms with Crippen molar-refractivity contribution < 1.29 is 14.3 Å². The lowest BCUT2D eigenvalue weighted by Gasteiger charge is -2.27. The number of hydrogen-bond acceptors (Lipinski definition) is 3. The van der Waals surface area contributed by atoms with E-state index in [-0.39, 0.29) is 24.2 Å². The summed E-state index contributed by atoms with van der Waals surface area (Å²) in [6.07, 6.45) is 6.21. The van der Waals surface area contributed by atoms with E-state index in [1.807, 2.05) is 12.1 Å². The normalized spacial score (nSPS) is 21.8. The molecule has 1 aromatic carbocycles. The molecule has 1 heterocycles. The van der Waals surface area contributed by atoms with E-state index in [2.05, 4.69) is 5.32 Å². The fraction of sp³-hybridized carbons (Fsp3) is 0.500. The quantitative estimate of drug-likeness (QED) is 0.811. The van der Waals surface area contributed by atoms with E-state index in [1.165, 1.54) is 19.3 Å². The molecule has 0 radical (unpaired) electrons. The Morgan fingerprint density at radius 3 is 2.56 bits per heavy atom. The molecule has 25 heavy (non-hydrogen) atoms. The Bertz CT molecular complexity index is 675. The molecule has 1 aliphatic heterocycles. The Balaban J connectivity index is 1.76. The summed E-state index contributed by atoms with van der Waals surface area (Å²) < 4.78 is 5.63. The van der Waals surface area contributed by atoms with Crippen LogP contribution < -0.4 is 5.32 Å². The van der Waals surface area contributed by atoms with Gasteiger partial charge in [0.05, 0.1) is 12.2 Å². The van der Waals surface area contributed by atoms with Gasteiger partial charge in [-0.05, 0) is 43.4 Å². The van der Waals surface area contributed by atoms with E-state index in [0.717, 1.165) is 18.4 Å². The van der Waals surface area contributed by atoms with Gasteiger partial charge in [0, 0.05) is 23.1 Å². The van der Waals surface area contributed by atoms with Crippen LogP contribution in [0.25, 0.3) is 0 Å². The molecule has 0 bridgehead atoms. The molecule has 5 heteroatoms. The van der Waals surface area contributed by atoms with Gasteiger partial charge in [-0.2, -0.15) is 0 Å². The lowest BCUT2D eigenvalue weighted by atomic mass is 9.84. The van der Waals surface area contributed by atoms with Crippen LogP contribution in [0.1, 0.15) is 56.9 Å². The van der Waals surface area contributed by atoms with Crippen LogP contribution in [0.5, 0.6) is 0 Å². The maximum absolute atomic E-state index is 12.8. The van der Waals surface area contributed by atoms with E-state index in [0.29, 0.717) is 28.8 Å². The summed E-state index contributed by atoms with van der Waals surface area (Å²) in [6.45, 7) is 2.23. The van der Waals surface area contributed by atoms with Crippen molar-refractivity contribution in [2.75, 3.05) is 6.61 Å². The zero-order valence-corrected chi connectivity index (χ0v) is 15.3. The predicted octanol–water partition coefficient (Wildman–Crippen LogP) is 4.34. The first-order chi connectivity index (χ1) is 12.0. The van der Waals surface area contributed by atoms with Gasteiger partial charge < -0.3 is 10.1 Å². The van der Waals surface area contributed by atoms with Crippen LogP contribution in [0.15, 0.2) is 35.5 Å². The number of carbonyl (C=O) groups excluding carboxylic acids is 2. The van der Waals surface area contributed by atoms with Crippen LogP contribution in [-0.2, 0) is 14.3 Å². The molecule has 2 aliphatic rings. The summed E-state index contributed by atoms with van der Waals surface area (Å²) in [5.74, 6) is -0.222. The first-order valence-electron chi connectivity index (χ1n) is 8.98. The van der Waals surface area contributed by atoms with Crippen molar-refractivity contribution in [3.8, 4) is 0 Å². The van der Waals surface area contributed by atoms with E-state index in [9.17, 15) is 9.59 Å². The number of ether oxygens (including phenoxy) is 1. The van der Waals surface area contributed by atoms with Crippen molar-refractivity contribution in [1.29, 1.82) is 0 Å². The van der Waals surface area contributed by atoms with E-state index < -0.39 is 0 Å². The number of nitrogens with one attached hydrogen (secondary N) is 1. The second kappa shape index (κ2) is 8.05. The van der Waals surface area contributed by atoms with Gasteiger partial charge in [-0.1, -0.05) is 43.0 Å². The minimum absolute atomic E-state index is 0.0821. The van der Waals surface area contributed by atoms with Crippen molar-refractivity contribution in [2.24, 2.45) is 5.92 Å². The molecule has 1 unspecified atom stereocenters. The van der Waals surface area contributed by atoms with Crippen molar-refractivity contribution in [3.63, 3.8) is 0 Å². The fourth-order valence-electron chi connectivity index (χ4n) is 3.78. The molecule has 1 fully saturated rings. The molecule has 0 saturated heterocycles. The minimum atomic E-state index is -0.317. The van der Waals surface area contributed by atoms with Crippen molar-refractivity contribution >= 4 is 23.5 Å². The Hall–Kier alpha value is -1.81. The van der Waals surface area contributed by atoms with Crippen LogP contribution >= 0.6 is 11.6 Å². The Morgan fingerprint density at radius 2 is 1.88 bits per heavy atom. The summed E-state index contributed by atoms with van der Waals surface area (Å²) in [5, 5.41) is 3.40. The van der Waals surface area contributed by atoms with Crippen molar-refractivity contribution in [1.82, 2.24) is 5.32 Å². The summed E-state index contributed by atoms with van der Waals surface area (Å²) in [6, 6.07) is 7.30. The molecule has 3 rings (SSSR count). The topological polar surface area (TPSA) is 55.4 Å². The van der Waals surface area contributed by atoms with Gasteiger partial charge in [0.25, 0.3) is 0 Å².